The third-order valence-electron chi connectivity index (χ3n) is 0.613. The quantitative estimate of drug-likeness (QED) is 0.198. The molecule has 0 radical (unpaired) electrons. The summed E-state index contributed by atoms with van der Waals surface area (Å²) in [6.07, 6.45) is 0. The van der Waals surface area contributed by atoms with Gasteiger partial charge in [-0.1, -0.05) is 5.16 Å². The number of nitrogens with zero attached hydrogens (tertiary/aromatic N) is 2. The summed E-state index contributed by atoms with van der Waals surface area (Å²) in [6.45, 7) is 1.47. The number of oxime groups is 1. The molecular weight excluding hydrogens is 96.0 g/mol. The summed E-state index contributed by atoms with van der Waals surface area (Å²) >= 11 is 0. The molecule has 42 valence electrons. The maximum absolute atomic E-state index is 8.36. The zero-order valence-corrected chi connectivity index (χ0v) is 4.29. The van der Waals surface area contributed by atoms with E-state index in [9.17, 15) is 0 Å². The molecule has 0 spiro atoms. The predicted octanol–water partition coefficient (Wildman–Crippen LogP) is 0.115. The van der Waals surface area contributed by atoms with Crippen molar-refractivity contribution in [2.75, 3.05) is 7.05 Å². The van der Waals surface area contributed by atoms with Gasteiger partial charge in [-0.3, -0.25) is 5.21 Å². The Morgan fingerprint density at radius 2 is 2.14 bits per heavy atom. The van der Waals surface area contributed by atoms with Gasteiger partial charge in [0.05, 0.1) is 0 Å². The minimum absolute atomic E-state index is 0.167. The second-order valence-electron chi connectivity index (χ2n) is 1.17. The molecule has 0 aromatic carbocycles. The Labute approximate surface area is 41.6 Å². The lowest BCUT2D eigenvalue weighted by Gasteiger charge is -2.04. The number of amidine groups is 1. The normalized spacial score (nSPS) is 11.6. The minimum atomic E-state index is 0.167. The Morgan fingerprint density at radius 1 is 1.71 bits per heavy atom. The average molecular weight is 104 g/mol. The van der Waals surface area contributed by atoms with Gasteiger partial charge in [0, 0.05) is 7.05 Å². The second kappa shape index (κ2) is 2.41. The van der Waals surface area contributed by atoms with Gasteiger partial charge in [0.25, 0.3) is 0 Å². The van der Waals surface area contributed by atoms with Crippen LogP contribution >= 0.6 is 0 Å². The molecule has 0 unspecified atom stereocenters. The molecule has 2 N–H and O–H groups in total. The van der Waals surface area contributed by atoms with Crippen LogP contribution in [0.3, 0.4) is 0 Å². The van der Waals surface area contributed by atoms with Gasteiger partial charge >= 0.3 is 0 Å². The van der Waals surface area contributed by atoms with Gasteiger partial charge in [0.15, 0.2) is 5.84 Å². The van der Waals surface area contributed by atoms with Crippen molar-refractivity contribution in [2.45, 2.75) is 6.92 Å². The van der Waals surface area contributed by atoms with E-state index < -0.39 is 0 Å². The van der Waals surface area contributed by atoms with Crippen LogP contribution in [0.1, 0.15) is 6.92 Å². The van der Waals surface area contributed by atoms with E-state index in [-0.39, 0.29) is 5.84 Å². The van der Waals surface area contributed by atoms with Crippen molar-refractivity contribution < 1.29 is 10.4 Å². The number of hydrogen-bond donors (Lipinski definition) is 2. The molecule has 0 bridgehead atoms. The molecule has 4 heteroatoms. The second-order valence-corrected chi connectivity index (χ2v) is 1.17. The van der Waals surface area contributed by atoms with Crippen LogP contribution in [-0.4, -0.2) is 28.4 Å². The van der Waals surface area contributed by atoms with E-state index >= 15 is 0 Å². The third-order valence-corrected chi connectivity index (χ3v) is 0.613. The molecule has 0 rings (SSSR count). The summed E-state index contributed by atoms with van der Waals surface area (Å²) in [5.41, 5.74) is 0. The summed E-state index contributed by atoms with van der Waals surface area (Å²) in [5, 5.41) is 19.7. The summed E-state index contributed by atoms with van der Waals surface area (Å²) in [7, 11) is 1.37. The van der Waals surface area contributed by atoms with Crippen molar-refractivity contribution >= 4 is 5.84 Å². The fourth-order valence-corrected chi connectivity index (χ4v) is 0.0647. The van der Waals surface area contributed by atoms with Crippen molar-refractivity contribution in [3.63, 3.8) is 0 Å². The van der Waals surface area contributed by atoms with E-state index in [4.69, 9.17) is 10.4 Å². The van der Waals surface area contributed by atoms with Crippen molar-refractivity contribution in [2.24, 2.45) is 5.16 Å². The number of hydrogen-bond acceptors (Lipinski definition) is 3. The molecule has 4 nitrogen and oxygen atoms in total. The Bertz CT molecular complexity index is 79.0. The maximum Gasteiger partial charge on any atom is 0.164 e. The summed E-state index contributed by atoms with van der Waals surface area (Å²) in [6, 6.07) is 0. The molecule has 0 saturated heterocycles. The fraction of sp³-hybridized carbons (Fsp3) is 0.667. The molecule has 7 heavy (non-hydrogen) atoms. The van der Waals surface area contributed by atoms with E-state index in [0.717, 1.165) is 5.06 Å². The highest BCUT2D eigenvalue weighted by atomic mass is 16.5. The topological polar surface area (TPSA) is 56.1 Å². The molecule has 0 fully saturated rings. The molecular formula is C3H8N2O2. The molecule has 0 amide bonds. The lowest BCUT2D eigenvalue weighted by atomic mass is 10.7. The first kappa shape index (κ1) is 6.23. The first-order valence-electron chi connectivity index (χ1n) is 1.79. The third kappa shape index (κ3) is 1.99. The summed E-state index contributed by atoms with van der Waals surface area (Å²) in [4.78, 5) is 0. The number of rotatable bonds is 0. The fourth-order valence-electron chi connectivity index (χ4n) is 0.0647. The van der Waals surface area contributed by atoms with Crippen molar-refractivity contribution in [3.8, 4) is 0 Å². The van der Waals surface area contributed by atoms with Crippen LogP contribution in [-0.2, 0) is 0 Å². The van der Waals surface area contributed by atoms with Crippen LogP contribution < -0.4 is 0 Å². The standard InChI is InChI=1S/C3H8N2O2/c1-3(4-6)5(2)7/h6-7H,1-2H3/b4-3-. The Kier molecular flexibility index (Phi) is 2.15. The largest absolute Gasteiger partial charge is 0.409 e. The van der Waals surface area contributed by atoms with E-state index in [2.05, 4.69) is 5.16 Å². The molecule has 0 aromatic rings. The molecule has 0 aliphatic rings. The highest BCUT2D eigenvalue weighted by Gasteiger charge is 1.90. The van der Waals surface area contributed by atoms with Gasteiger partial charge in [0.2, 0.25) is 0 Å². The lowest BCUT2D eigenvalue weighted by Crippen LogP contribution is -2.18. The van der Waals surface area contributed by atoms with Crippen LogP contribution in [0.15, 0.2) is 5.16 Å². The zero-order chi connectivity index (χ0) is 5.86. The molecule has 0 atom stereocenters. The molecule has 0 aromatic heterocycles. The first-order valence-corrected chi connectivity index (χ1v) is 1.79. The van der Waals surface area contributed by atoms with Crippen LogP contribution in [0.25, 0.3) is 0 Å². The highest BCUT2D eigenvalue weighted by Crippen LogP contribution is 1.75. The molecule has 0 aliphatic carbocycles. The van der Waals surface area contributed by atoms with Gasteiger partial charge in [-0.05, 0) is 6.92 Å². The number of hydroxylamine groups is 2. The molecule has 0 saturated carbocycles. The summed E-state index contributed by atoms with van der Waals surface area (Å²) < 4.78 is 0. The van der Waals surface area contributed by atoms with Crippen LogP contribution in [0.4, 0.5) is 0 Å². The maximum atomic E-state index is 8.36. The first-order chi connectivity index (χ1) is 3.18. The Balaban J connectivity index is 3.56. The monoisotopic (exact) mass is 104 g/mol. The van der Waals surface area contributed by atoms with Crippen molar-refractivity contribution in [3.05, 3.63) is 0 Å². The minimum Gasteiger partial charge on any atom is -0.409 e. The van der Waals surface area contributed by atoms with Crippen molar-refractivity contribution in [1.29, 1.82) is 0 Å². The van der Waals surface area contributed by atoms with Gasteiger partial charge in [-0.15, -0.1) is 0 Å². The molecule has 0 heterocycles. The smallest absolute Gasteiger partial charge is 0.164 e. The Morgan fingerprint density at radius 3 is 2.14 bits per heavy atom. The van der Waals surface area contributed by atoms with E-state index in [0.29, 0.717) is 0 Å². The van der Waals surface area contributed by atoms with Crippen LogP contribution in [0, 0.1) is 0 Å². The van der Waals surface area contributed by atoms with Gasteiger partial charge < -0.3 is 5.21 Å². The van der Waals surface area contributed by atoms with E-state index in [1.807, 2.05) is 0 Å². The van der Waals surface area contributed by atoms with Gasteiger partial charge in [-0.25, -0.2) is 5.06 Å². The van der Waals surface area contributed by atoms with Gasteiger partial charge in [0.1, 0.15) is 0 Å². The average Bonchev–Trinajstić information content (AvgIpc) is 1.65. The molecule has 0 aliphatic heterocycles. The zero-order valence-electron chi connectivity index (χ0n) is 4.29. The van der Waals surface area contributed by atoms with Crippen LogP contribution in [0.2, 0.25) is 0 Å². The van der Waals surface area contributed by atoms with Crippen LogP contribution in [0.5, 0.6) is 0 Å². The SMILES string of the molecule is C/C(=N/O)N(C)O. The highest BCUT2D eigenvalue weighted by molar-refractivity contribution is 5.77. The van der Waals surface area contributed by atoms with E-state index in [1.54, 1.807) is 0 Å². The van der Waals surface area contributed by atoms with Gasteiger partial charge in [-0.2, -0.15) is 0 Å². The lowest BCUT2D eigenvalue weighted by molar-refractivity contribution is 0.00920. The Hall–Kier alpha value is -0.770. The van der Waals surface area contributed by atoms with Crippen molar-refractivity contribution in [1.82, 2.24) is 5.06 Å². The summed E-state index contributed by atoms with van der Waals surface area (Å²) in [5.74, 6) is 0.167. The predicted molar refractivity (Wildman–Crippen MR) is 24.4 cm³/mol. The van der Waals surface area contributed by atoms with E-state index in [1.165, 1.54) is 14.0 Å².